The van der Waals surface area contributed by atoms with Gasteiger partial charge in [0.2, 0.25) is 0 Å². The molecule has 1 N–H and O–H groups in total. The normalized spacial score (nSPS) is 24.7. The van der Waals surface area contributed by atoms with Crippen molar-refractivity contribution in [2.24, 2.45) is 5.92 Å². The average molecular weight is 209 g/mol. The Balaban J connectivity index is 1.86. The second-order valence-electron chi connectivity index (χ2n) is 4.15. The second-order valence-corrected chi connectivity index (χ2v) is 4.15. The standard InChI is InChI=1S/C11H15NO3/c1-12(7-8-5-9(13)6-8)11(14)10-3-2-4-15-10/h2-4,8-9,13H,5-7H2,1H3. The monoisotopic (exact) mass is 209 g/mol. The fraction of sp³-hybridized carbons (Fsp3) is 0.545. The Morgan fingerprint density at radius 2 is 2.40 bits per heavy atom. The van der Waals surface area contributed by atoms with Crippen LogP contribution in [-0.4, -0.2) is 35.6 Å². The van der Waals surface area contributed by atoms with Gasteiger partial charge in [-0.3, -0.25) is 4.79 Å². The molecule has 1 fully saturated rings. The highest BCUT2D eigenvalue weighted by molar-refractivity contribution is 5.91. The highest BCUT2D eigenvalue weighted by atomic mass is 16.3. The summed E-state index contributed by atoms with van der Waals surface area (Å²) in [6.45, 7) is 0.691. The van der Waals surface area contributed by atoms with Crippen LogP contribution in [0, 0.1) is 5.92 Å². The number of rotatable bonds is 3. The maximum Gasteiger partial charge on any atom is 0.289 e. The zero-order chi connectivity index (χ0) is 10.8. The lowest BCUT2D eigenvalue weighted by molar-refractivity contribution is 0.0258. The van der Waals surface area contributed by atoms with Gasteiger partial charge in [0.1, 0.15) is 0 Å². The third-order valence-electron chi connectivity index (χ3n) is 2.82. The van der Waals surface area contributed by atoms with Crippen LogP contribution in [0.25, 0.3) is 0 Å². The summed E-state index contributed by atoms with van der Waals surface area (Å²) in [5.74, 6) is 0.711. The van der Waals surface area contributed by atoms with Gasteiger partial charge in [0.05, 0.1) is 12.4 Å². The third kappa shape index (κ3) is 2.21. The molecule has 4 nitrogen and oxygen atoms in total. The lowest BCUT2D eigenvalue weighted by atomic mass is 9.82. The maximum atomic E-state index is 11.7. The Kier molecular flexibility index (Phi) is 2.77. The number of aliphatic hydroxyl groups excluding tert-OH is 1. The third-order valence-corrected chi connectivity index (χ3v) is 2.82. The second kappa shape index (κ2) is 4.06. The van der Waals surface area contributed by atoms with Crippen molar-refractivity contribution >= 4 is 5.91 Å². The van der Waals surface area contributed by atoms with Gasteiger partial charge >= 0.3 is 0 Å². The molecule has 0 spiro atoms. The van der Waals surface area contributed by atoms with E-state index in [0.717, 1.165) is 12.8 Å². The van der Waals surface area contributed by atoms with Crippen LogP contribution >= 0.6 is 0 Å². The molecule has 1 amide bonds. The number of hydrogen-bond donors (Lipinski definition) is 1. The summed E-state index contributed by atoms with van der Waals surface area (Å²) in [7, 11) is 1.76. The van der Waals surface area contributed by atoms with E-state index >= 15 is 0 Å². The van der Waals surface area contributed by atoms with Gasteiger partial charge in [0, 0.05) is 13.6 Å². The highest BCUT2D eigenvalue weighted by Gasteiger charge is 2.29. The highest BCUT2D eigenvalue weighted by Crippen LogP contribution is 2.27. The summed E-state index contributed by atoms with van der Waals surface area (Å²) in [6.07, 6.45) is 2.93. The predicted molar refractivity (Wildman–Crippen MR) is 54.4 cm³/mol. The Bertz CT molecular complexity index is 328. The first-order valence-corrected chi connectivity index (χ1v) is 5.14. The number of nitrogens with zero attached hydrogens (tertiary/aromatic N) is 1. The molecule has 0 aromatic carbocycles. The van der Waals surface area contributed by atoms with Crippen LogP contribution in [-0.2, 0) is 0 Å². The van der Waals surface area contributed by atoms with Gasteiger partial charge in [-0.1, -0.05) is 0 Å². The van der Waals surface area contributed by atoms with Crippen molar-refractivity contribution in [2.75, 3.05) is 13.6 Å². The Morgan fingerprint density at radius 3 is 2.93 bits per heavy atom. The van der Waals surface area contributed by atoms with Crippen molar-refractivity contribution in [3.05, 3.63) is 24.2 Å². The quantitative estimate of drug-likeness (QED) is 0.811. The average Bonchev–Trinajstić information content (AvgIpc) is 2.66. The van der Waals surface area contributed by atoms with Crippen molar-refractivity contribution < 1.29 is 14.3 Å². The van der Waals surface area contributed by atoms with E-state index in [4.69, 9.17) is 9.52 Å². The molecule has 1 saturated carbocycles. The van der Waals surface area contributed by atoms with E-state index in [2.05, 4.69) is 0 Å². The summed E-state index contributed by atoms with van der Waals surface area (Å²) in [5.41, 5.74) is 0. The Labute approximate surface area is 88.5 Å². The number of aliphatic hydroxyl groups is 1. The van der Waals surface area contributed by atoms with Crippen molar-refractivity contribution in [3.63, 3.8) is 0 Å². The zero-order valence-electron chi connectivity index (χ0n) is 8.72. The molecule has 1 aliphatic carbocycles. The van der Waals surface area contributed by atoms with Crippen LogP contribution in [0.1, 0.15) is 23.4 Å². The molecular weight excluding hydrogens is 194 g/mol. The van der Waals surface area contributed by atoms with E-state index in [1.807, 2.05) is 0 Å². The number of furan rings is 1. The van der Waals surface area contributed by atoms with Crippen molar-refractivity contribution in [2.45, 2.75) is 18.9 Å². The number of carbonyl (C=O) groups is 1. The molecule has 0 atom stereocenters. The van der Waals surface area contributed by atoms with E-state index in [1.54, 1.807) is 24.1 Å². The molecule has 0 aliphatic heterocycles. The number of hydrogen-bond acceptors (Lipinski definition) is 3. The molecule has 0 unspecified atom stereocenters. The molecule has 15 heavy (non-hydrogen) atoms. The van der Waals surface area contributed by atoms with E-state index < -0.39 is 0 Å². The summed E-state index contributed by atoms with van der Waals surface area (Å²) >= 11 is 0. The zero-order valence-corrected chi connectivity index (χ0v) is 8.72. The molecule has 2 rings (SSSR count). The van der Waals surface area contributed by atoms with Crippen molar-refractivity contribution in [3.8, 4) is 0 Å². The maximum absolute atomic E-state index is 11.7. The molecule has 1 aliphatic rings. The fourth-order valence-corrected chi connectivity index (χ4v) is 1.91. The molecule has 0 radical (unpaired) electrons. The smallest absolute Gasteiger partial charge is 0.289 e. The van der Waals surface area contributed by atoms with Gasteiger partial charge < -0.3 is 14.4 Å². The van der Waals surface area contributed by atoms with Gasteiger partial charge in [0.25, 0.3) is 5.91 Å². The van der Waals surface area contributed by atoms with Crippen molar-refractivity contribution in [1.29, 1.82) is 0 Å². The summed E-state index contributed by atoms with van der Waals surface area (Å²) in [5, 5.41) is 9.13. The van der Waals surface area contributed by atoms with Crippen LogP contribution in [0.5, 0.6) is 0 Å². The van der Waals surface area contributed by atoms with E-state index in [0.29, 0.717) is 18.2 Å². The lowest BCUT2D eigenvalue weighted by Gasteiger charge is -2.34. The van der Waals surface area contributed by atoms with E-state index in [1.165, 1.54) is 6.26 Å². The van der Waals surface area contributed by atoms with E-state index in [-0.39, 0.29) is 12.0 Å². The largest absolute Gasteiger partial charge is 0.459 e. The summed E-state index contributed by atoms with van der Waals surface area (Å²) in [4.78, 5) is 13.4. The molecule has 0 saturated heterocycles. The molecule has 82 valence electrons. The summed E-state index contributed by atoms with van der Waals surface area (Å²) in [6, 6.07) is 3.36. The predicted octanol–water partition coefficient (Wildman–Crippen LogP) is 1.12. The molecule has 1 aromatic heterocycles. The topological polar surface area (TPSA) is 53.7 Å². The minimum absolute atomic E-state index is 0.0959. The first kappa shape index (κ1) is 10.2. The SMILES string of the molecule is CN(CC1CC(O)C1)C(=O)c1ccco1. The van der Waals surface area contributed by atoms with Crippen molar-refractivity contribution in [1.82, 2.24) is 4.90 Å². The minimum Gasteiger partial charge on any atom is -0.459 e. The number of carbonyl (C=O) groups excluding carboxylic acids is 1. The van der Waals surface area contributed by atoms with Crippen LogP contribution in [0.2, 0.25) is 0 Å². The number of amides is 1. The first-order valence-electron chi connectivity index (χ1n) is 5.14. The lowest BCUT2D eigenvalue weighted by Crippen LogP contribution is -2.39. The Hall–Kier alpha value is -1.29. The molecular formula is C11H15NO3. The molecule has 0 bridgehead atoms. The van der Waals surface area contributed by atoms with Crippen LogP contribution in [0.4, 0.5) is 0 Å². The van der Waals surface area contributed by atoms with Gasteiger partial charge in [-0.25, -0.2) is 0 Å². The fourth-order valence-electron chi connectivity index (χ4n) is 1.91. The molecule has 4 heteroatoms. The minimum atomic E-state index is -0.165. The van der Waals surface area contributed by atoms with Crippen LogP contribution < -0.4 is 0 Å². The van der Waals surface area contributed by atoms with Crippen LogP contribution in [0.15, 0.2) is 22.8 Å². The van der Waals surface area contributed by atoms with Gasteiger partial charge in [-0.2, -0.15) is 0 Å². The first-order chi connectivity index (χ1) is 7.16. The van der Waals surface area contributed by atoms with Gasteiger partial charge in [-0.15, -0.1) is 0 Å². The van der Waals surface area contributed by atoms with Gasteiger partial charge in [0.15, 0.2) is 5.76 Å². The van der Waals surface area contributed by atoms with Gasteiger partial charge in [-0.05, 0) is 30.9 Å². The summed E-state index contributed by atoms with van der Waals surface area (Å²) < 4.78 is 5.03. The van der Waals surface area contributed by atoms with E-state index in [9.17, 15) is 4.79 Å². The molecule has 1 aromatic rings. The Morgan fingerprint density at radius 1 is 1.67 bits per heavy atom. The molecule has 1 heterocycles. The van der Waals surface area contributed by atoms with Crippen LogP contribution in [0.3, 0.4) is 0 Å².